The van der Waals surface area contributed by atoms with Gasteiger partial charge in [0.2, 0.25) is 0 Å². The Balaban J connectivity index is 2.04. The fraction of sp³-hybridized carbons (Fsp3) is 0.263. The van der Waals surface area contributed by atoms with Crippen LogP contribution in [0.1, 0.15) is 22.8 Å². The molecule has 0 saturated heterocycles. The Morgan fingerprint density at radius 3 is 2.52 bits per heavy atom. The van der Waals surface area contributed by atoms with Crippen molar-refractivity contribution in [3.63, 3.8) is 0 Å². The van der Waals surface area contributed by atoms with Gasteiger partial charge >= 0.3 is 0 Å². The SMILES string of the molecule is COc1cc(C(=O)N[C@H](C)Cc2ccc(Cl)cc2Cl)ccc1OCC(N)=O. The minimum absolute atomic E-state index is 0.159. The molecule has 0 saturated carbocycles. The lowest BCUT2D eigenvalue weighted by atomic mass is 10.1. The Hall–Kier alpha value is -2.44. The van der Waals surface area contributed by atoms with Gasteiger partial charge in [-0.15, -0.1) is 0 Å². The standard InChI is InChI=1S/C19H20Cl2N2O4/c1-11(7-12-3-5-14(20)9-15(12)21)23-19(25)13-4-6-16(17(8-13)26-2)27-10-18(22)24/h3-6,8-9,11H,7,10H2,1-2H3,(H2,22,24)(H,23,25)/t11-/m1/s1. The number of methoxy groups -OCH3 is 1. The van der Waals surface area contributed by atoms with Crippen LogP contribution < -0.4 is 20.5 Å². The number of hydrogen-bond donors (Lipinski definition) is 2. The van der Waals surface area contributed by atoms with Crippen molar-refractivity contribution in [1.82, 2.24) is 5.32 Å². The Morgan fingerprint density at radius 1 is 1.15 bits per heavy atom. The lowest BCUT2D eigenvalue weighted by molar-refractivity contribution is -0.119. The van der Waals surface area contributed by atoms with Gasteiger partial charge < -0.3 is 20.5 Å². The van der Waals surface area contributed by atoms with Crippen molar-refractivity contribution >= 4 is 35.0 Å². The zero-order valence-corrected chi connectivity index (χ0v) is 16.4. The van der Waals surface area contributed by atoms with E-state index in [1.165, 1.54) is 13.2 Å². The maximum Gasteiger partial charge on any atom is 0.255 e. The van der Waals surface area contributed by atoms with Crippen LogP contribution in [-0.2, 0) is 11.2 Å². The highest BCUT2D eigenvalue weighted by Crippen LogP contribution is 2.28. The molecular weight excluding hydrogens is 391 g/mol. The summed E-state index contributed by atoms with van der Waals surface area (Å²) in [5.41, 5.74) is 6.35. The predicted molar refractivity (Wildman–Crippen MR) is 105 cm³/mol. The lowest BCUT2D eigenvalue weighted by Crippen LogP contribution is -2.34. The summed E-state index contributed by atoms with van der Waals surface area (Å²) in [5, 5.41) is 4.02. The average Bonchev–Trinajstić information content (AvgIpc) is 2.62. The third-order valence-electron chi connectivity index (χ3n) is 3.71. The first kappa shape index (κ1) is 20.9. The molecule has 2 rings (SSSR count). The second kappa shape index (κ2) is 9.48. The number of hydrogen-bond acceptors (Lipinski definition) is 4. The summed E-state index contributed by atoms with van der Waals surface area (Å²) in [7, 11) is 1.44. The van der Waals surface area contributed by atoms with Gasteiger partial charge in [-0.1, -0.05) is 29.3 Å². The van der Waals surface area contributed by atoms with E-state index in [0.717, 1.165) is 5.56 Å². The highest BCUT2D eigenvalue weighted by Gasteiger charge is 2.15. The molecular formula is C19H20Cl2N2O4. The van der Waals surface area contributed by atoms with Crippen LogP contribution in [0.5, 0.6) is 11.5 Å². The largest absolute Gasteiger partial charge is 0.493 e. The molecule has 0 unspecified atom stereocenters. The number of nitrogens with two attached hydrogens (primary N) is 1. The van der Waals surface area contributed by atoms with Crippen LogP contribution in [0.15, 0.2) is 36.4 Å². The zero-order valence-electron chi connectivity index (χ0n) is 14.9. The Morgan fingerprint density at radius 2 is 1.89 bits per heavy atom. The summed E-state index contributed by atoms with van der Waals surface area (Å²) >= 11 is 12.1. The molecule has 2 amide bonds. The van der Waals surface area contributed by atoms with Crippen LogP contribution in [-0.4, -0.2) is 31.6 Å². The van der Waals surface area contributed by atoms with E-state index in [1.807, 2.05) is 13.0 Å². The van der Waals surface area contributed by atoms with Crippen LogP contribution in [0.4, 0.5) is 0 Å². The van der Waals surface area contributed by atoms with Gasteiger partial charge in [0.1, 0.15) is 0 Å². The molecule has 1 atom stereocenters. The minimum atomic E-state index is -0.603. The number of carbonyl (C=O) groups excluding carboxylic acids is 2. The molecule has 8 heteroatoms. The molecule has 2 aromatic rings. The van der Waals surface area contributed by atoms with Gasteiger partial charge in [0, 0.05) is 21.7 Å². The molecule has 27 heavy (non-hydrogen) atoms. The number of nitrogens with one attached hydrogen (secondary N) is 1. The number of halogens is 2. The quantitative estimate of drug-likeness (QED) is 0.698. The van der Waals surface area contributed by atoms with E-state index in [-0.39, 0.29) is 18.6 Å². The molecule has 0 radical (unpaired) electrons. The Labute approximate surface area is 167 Å². The highest BCUT2D eigenvalue weighted by atomic mass is 35.5. The zero-order chi connectivity index (χ0) is 20.0. The summed E-state index contributed by atoms with van der Waals surface area (Å²) in [6, 6.07) is 9.77. The predicted octanol–water partition coefficient (Wildman–Crippen LogP) is 3.23. The van der Waals surface area contributed by atoms with E-state index in [4.69, 9.17) is 38.4 Å². The van der Waals surface area contributed by atoms with E-state index in [9.17, 15) is 9.59 Å². The van der Waals surface area contributed by atoms with Crippen molar-refractivity contribution in [3.05, 3.63) is 57.6 Å². The first-order valence-electron chi connectivity index (χ1n) is 8.14. The fourth-order valence-corrected chi connectivity index (χ4v) is 2.94. The lowest BCUT2D eigenvalue weighted by Gasteiger charge is -2.16. The van der Waals surface area contributed by atoms with Crippen molar-refractivity contribution in [2.45, 2.75) is 19.4 Å². The van der Waals surface area contributed by atoms with Gasteiger partial charge in [-0.05, 0) is 49.2 Å². The molecule has 0 aliphatic carbocycles. The van der Waals surface area contributed by atoms with Crippen molar-refractivity contribution in [2.75, 3.05) is 13.7 Å². The second-order valence-electron chi connectivity index (χ2n) is 5.93. The molecule has 0 aliphatic rings. The number of rotatable bonds is 8. The topological polar surface area (TPSA) is 90.7 Å². The van der Waals surface area contributed by atoms with Gasteiger partial charge in [-0.2, -0.15) is 0 Å². The normalized spacial score (nSPS) is 11.6. The van der Waals surface area contributed by atoms with Gasteiger partial charge in [-0.3, -0.25) is 9.59 Å². The number of primary amides is 1. The van der Waals surface area contributed by atoms with Gasteiger partial charge in [0.05, 0.1) is 7.11 Å². The van der Waals surface area contributed by atoms with Gasteiger partial charge in [0.15, 0.2) is 18.1 Å². The van der Waals surface area contributed by atoms with Crippen LogP contribution >= 0.6 is 23.2 Å². The maximum atomic E-state index is 12.5. The van der Waals surface area contributed by atoms with Crippen LogP contribution in [0.2, 0.25) is 10.0 Å². The minimum Gasteiger partial charge on any atom is -0.493 e. The smallest absolute Gasteiger partial charge is 0.255 e. The summed E-state index contributed by atoms with van der Waals surface area (Å²) in [6.07, 6.45) is 0.554. The molecule has 144 valence electrons. The van der Waals surface area contributed by atoms with Crippen molar-refractivity contribution < 1.29 is 19.1 Å². The maximum absolute atomic E-state index is 12.5. The molecule has 0 aromatic heterocycles. The van der Waals surface area contributed by atoms with Crippen molar-refractivity contribution in [3.8, 4) is 11.5 Å². The molecule has 0 fully saturated rings. The molecule has 0 spiro atoms. The summed E-state index contributed by atoms with van der Waals surface area (Å²) < 4.78 is 10.5. The number of carbonyl (C=O) groups is 2. The van der Waals surface area contributed by atoms with E-state index >= 15 is 0 Å². The third kappa shape index (κ3) is 6.05. The molecule has 6 nitrogen and oxygen atoms in total. The second-order valence-corrected chi connectivity index (χ2v) is 6.78. The first-order valence-corrected chi connectivity index (χ1v) is 8.89. The molecule has 3 N–H and O–H groups in total. The van der Waals surface area contributed by atoms with E-state index in [1.54, 1.807) is 24.3 Å². The monoisotopic (exact) mass is 410 g/mol. The van der Waals surface area contributed by atoms with E-state index in [2.05, 4.69) is 5.32 Å². The molecule has 0 bridgehead atoms. The van der Waals surface area contributed by atoms with Crippen LogP contribution in [0.25, 0.3) is 0 Å². The van der Waals surface area contributed by atoms with E-state index in [0.29, 0.717) is 33.5 Å². The van der Waals surface area contributed by atoms with Gasteiger partial charge in [0.25, 0.3) is 11.8 Å². The molecule has 2 aromatic carbocycles. The Kier molecular flexibility index (Phi) is 7.33. The van der Waals surface area contributed by atoms with Crippen LogP contribution in [0.3, 0.4) is 0 Å². The number of ether oxygens (including phenoxy) is 2. The summed E-state index contributed by atoms with van der Waals surface area (Å²) in [4.78, 5) is 23.3. The molecule has 0 aliphatic heterocycles. The average molecular weight is 411 g/mol. The van der Waals surface area contributed by atoms with Crippen molar-refractivity contribution in [2.24, 2.45) is 5.73 Å². The van der Waals surface area contributed by atoms with Crippen molar-refractivity contribution in [1.29, 1.82) is 0 Å². The Bertz CT molecular complexity index is 842. The van der Waals surface area contributed by atoms with Crippen LogP contribution in [0, 0.1) is 0 Å². The van der Waals surface area contributed by atoms with E-state index < -0.39 is 5.91 Å². The third-order valence-corrected chi connectivity index (χ3v) is 4.30. The van der Waals surface area contributed by atoms with Gasteiger partial charge in [-0.25, -0.2) is 0 Å². The number of benzene rings is 2. The number of amides is 2. The fourth-order valence-electron chi connectivity index (χ4n) is 2.45. The summed E-state index contributed by atoms with van der Waals surface area (Å²) in [5.74, 6) is -0.216. The molecule has 0 heterocycles. The summed E-state index contributed by atoms with van der Waals surface area (Å²) in [6.45, 7) is 1.60. The first-order chi connectivity index (χ1) is 12.8. The highest BCUT2D eigenvalue weighted by molar-refractivity contribution is 6.35.